The Morgan fingerprint density at radius 1 is 0.970 bits per heavy atom. The Morgan fingerprint density at radius 2 is 1.52 bits per heavy atom. The number of aromatic nitrogens is 2. The summed E-state index contributed by atoms with van der Waals surface area (Å²) in [7, 11) is -4.15. The van der Waals surface area contributed by atoms with Crippen LogP contribution in [0.15, 0.2) is 41.6 Å². The van der Waals surface area contributed by atoms with E-state index in [1.165, 1.54) is 13.8 Å². The normalized spacial score (nSPS) is 19.6. The highest BCUT2D eigenvalue weighted by Crippen LogP contribution is 2.44. The standard InChI is InChI=1S/C20H19F6N3O3S/c1-18(2,33(31,32)15-5-3-4-11(8-15)19(21,22)23)12-6-14(7-12)29-17(30)16-27-9-13(10-28-16)20(24,25)26/h3-5,8-10,12,14H,6-7H2,1-2H3,(H,29,30)/t12-,14-. The number of sulfone groups is 1. The molecule has 1 N–H and O–H groups in total. The number of halogens is 6. The Kier molecular flexibility index (Phi) is 6.24. The van der Waals surface area contributed by atoms with Crippen molar-refractivity contribution in [1.82, 2.24) is 15.3 Å². The van der Waals surface area contributed by atoms with Crippen LogP contribution in [0.5, 0.6) is 0 Å². The lowest BCUT2D eigenvalue weighted by Gasteiger charge is -2.44. The number of hydrogen-bond donors (Lipinski definition) is 1. The van der Waals surface area contributed by atoms with Crippen molar-refractivity contribution in [1.29, 1.82) is 0 Å². The lowest BCUT2D eigenvalue weighted by molar-refractivity contribution is -0.138. The number of carbonyl (C=O) groups is 1. The Labute approximate surface area is 185 Å². The summed E-state index contributed by atoms with van der Waals surface area (Å²) in [4.78, 5) is 18.5. The van der Waals surface area contributed by atoms with E-state index in [1.54, 1.807) is 0 Å². The van der Waals surface area contributed by atoms with Gasteiger partial charge in [0.2, 0.25) is 5.82 Å². The quantitative estimate of drug-likeness (QED) is 0.626. The van der Waals surface area contributed by atoms with Crippen molar-refractivity contribution in [3.63, 3.8) is 0 Å². The fraction of sp³-hybridized carbons (Fsp3) is 0.450. The van der Waals surface area contributed by atoms with Gasteiger partial charge in [0.15, 0.2) is 9.84 Å². The lowest BCUT2D eigenvalue weighted by Crippen LogP contribution is -2.53. The van der Waals surface area contributed by atoms with Gasteiger partial charge in [-0.25, -0.2) is 18.4 Å². The van der Waals surface area contributed by atoms with Gasteiger partial charge in [0.05, 0.1) is 20.8 Å². The number of benzene rings is 1. The summed E-state index contributed by atoms with van der Waals surface area (Å²) in [6.45, 7) is 2.81. The summed E-state index contributed by atoms with van der Waals surface area (Å²) in [6, 6.07) is 3.02. The van der Waals surface area contributed by atoms with Gasteiger partial charge in [0.1, 0.15) is 0 Å². The second-order valence-electron chi connectivity index (χ2n) is 8.26. The van der Waals surface area contributed by atoms with E-state index in [9.17, 15) is 39.6 Å². The molecule has 3 rings (SSSR count). The second kappa shape index (κ2) is 8.26. The first-order valence-electron chi connectivity index (χ1n) is 9.65. The van der Waals surface area contributed by atoms with Gasteiger partial charge < -0.3 is 5.32 Å². The van der Waals surface area contributed by atoms with E-state index in [0.29, 0.717) is 18.5 Å². The zero-order chi connectivity index (χ0) is 24.8. The number of carbonyl (C=O) groups excluding carboxylic acids is 1. The maximum Gasteiger partial charge on any atom is 0.419 e. The van der Waals surface area contributed by atoms with Gasteiger partial charge >= 0.3 is 12.4 Å². The van der Waals surface area contributed by atoms with Crippen molar-refractivity contribution in [3.05, 3.63) is 53.6 Å². The predicted molar refractivity (Wildman–Crippen MR) is 104 cm³/mol. The molecule has 1 fully saturated rings. The van der Waals surface area contributed by atoms with Crippen molar-refractivity contribution in [2.75, 3.05) is 0 Å². The smallest absolute Gasteiger partial charge is 0.347 e. The van der Waals surface area contributed by atoms with Crippen molar-refractivity contribution >= 4 is 15.7 Å². The molecule has 0 saturated heterocycles. The molecule has 6 nitrogen and oxygen atoms in total. The molecule has 0 atom stereocenters. The fourth-order valence-electron chi connectivity index (χ4n) is 3.51. The molecule has 1 amide bonds. The summed E-state index contributed by atoms with van der Waals surface area (Å²) in [5, 5.41) is 2.52. The third-order valence-electron chi connectivity index (χ3n) is 5.80. The molecule has 0 bridgehead atoms. The maximum absolute atomic E-state index is 13.1. The minimum Gasteiger partial charge on any atom is -0.347 e. The van der Waals surface area contributed by atoms with Crippen molar-refractivity contribution < 1.29 is 39.6 Å². The van der Waals surface area contributed by atoms with Crippen LogP contribution in [-0.4, -0.2) is 35.1 Å². The minimum atomic E-state index is -4.69. The largest absolute Gasteiger partial charge is 0.419 e. The van der Waals surface area contributed by atoms with Crippen LogP contribution >= 0.6 is 0 Å². The highest BCUT2D eigenvalue weighted by Gasteiger charge is 2.49. The molecule has 1 saturated carbocycles. The zero-order valence-electron chi connectivity index (χ0n) is 17.3. The molecule has 1 heterocycles. The van der Waals surface area contributed by atoms with E-state index in [2.05, 4.69) is 15.3 Å². The Balaban J connectivity index is 1.66. The summed E-state index contributed by atoms with van der Waals surface area (Å²) < 4.78 is 101. The topological polar surface area (TPSA) is 89.0 Å². The van der Waals surface area contributed by atoms with Crippen LogP contribution < -0.4 is 5.32 Å². The summed E-state index contributed by atoms with van der Waals surface area (Å²) in [6.07, 6.45) is -7.96. The summed E-state index contributed by atoms with van der Waals surface area (Å²) >= 11 is 0. The number of nitrogens with zero attached hydrogens (tertiary/aromatic N) is 2. The molecule has 13 heteroatoms. The fourth-order valence-corrected chi connectivity index (χ4v) is 5.29. The van der Waals surface area contributed by atoms with Crippen molar-refractivity contribution in [2.24, 2.45) is 5.92 Å². The average molecular weight is 495 g/mol. The number of rotatable bonds is 5. The van der Waals surface area contributed by atoms with Gasteiger partial charge in [-0.2, -0.15) is 26.3 Å². The molecular formula is C20H19F6N3O3S. The third kappa shape index (κ3) is 4.97. The zero-order valence-corrected chi connectivity index (χ0v) is 18.1. The monoisotopic (exact) mass is 495 g/mol. The van der Waals surface area contributed by atoms with E-state index in [0.717, 1.165) is 18.2 Å². The molecule has 1 aromatic carbocycles. The van der Waals surface area contributed by atoms with E-state index >= 15 is 0 Å². The van der Waals surface area contributed by atoms with Gasteiger partial charge in [-0.05, 0) is 50.8 Å². The van der Waals surface area contributed by atoms with Crippen LogP contribution in [0.4, 0.5) is 26.3 Å². The SMILES string of the molecule is CC(C)([C@H]1C[C@H](NC(=O)c2ncc(C(F)(F)F)cn2)C1)S(=O)(=O)c1cccc(C(F)(F)F)c1. The maximum atomic E-state index is 13.1. The van der Waals surface area contributed by atoms with Gasteiger partial charge in [-0.3, -0.25) is 4.79 Å². The average Bonchev–Trinajstić information content (AvgIpc) is 2.68. The van der Waals surface area contributed by atoms with E-state index < -0.39 is 66.7 Å². The summed E-state index contributed by atoms with van der Waals surface area (Å²) in [5.41, 5.74) is -2.18. The van der Waals surface area contributed by atoms with Crippen LogP contribution in [0.3, 0.4) is 0 Å². The van der Waals surface area contributed by atoms with Gasteiger partial charge in [0.25, 0.3) is 5.91 Å². The van der Waals surface area contributed by atoms with Crippen molar-refractivity contribution in [3.8, 4) is 0 Å². The first-order chi connectivity index (χ1) is 15.0. The number of hydrogen-bond acceptors (Lipinski definition) is 5. The van der Waals surface area contributed by atoms with Crippen LogP contribution in [0.25, 0.3) is 0 Å². The van der Waals surface area contributed by atoms with E-state index in [-0.39, 0.29) is 12.8 Å². The van der Waals surface area contributed by atoms with Crippen LogP contribution in [-0.2, 0) is 22.2 Å². The Hall–Kier alpha value is -2.70. The van der Waals surface area contributed by atoms with Crippen molar-refractivity contribution in [2.45, 2.75) is 54.7 Å². The second-order valence-corrected chi connectivity index (χ2v) is 10.8. The summed E-state index contributed by atoms with van der Waals surface area (Å²) in [5.74, 6) is -1.76. The molecule has 2 aromatic rings. The first kappa shape index (κ1) is 24.9. The number of amides is 1. The molecule has 0 spiro atoms. The minimum absolute atomic E-state index is 0.206. The highest BCUT2D eigenvalue weighted by atomic mass is 32.2. The van der Waals surface area contributed by atoms with Crippen LogP contribution in [0.1, 0.15) is 48.4 Å². The molecule has 180 valence electrons. The van der Waals surface area contributed by atoms with Crippen LogP contribution in [0, 0.1) is 5.92 Å². The van der Waals surface area contributed by atoms with Gasteiger partial charge in [-0.1, -0.05) is 6.07 Å². The van der Waals surface area contributed by atoms with Gasteiger partial charge in [-0.15, -0.1) is 0 Å². The predicted octanol–water partition coefficient (Wildman–Crippen LogP) is 4.28. The molecule has 33 heavy (non-hydrogen) atoms. The number of alkyl halides is 6. The Morgan fingerprint density at radius 3 is 2.03 bits per heavy atom. The Bertz CT molecular complexity index is 1140. The first-order valence-corrected chi connectivity index (χ1v) is 11.1. The number of nitrogens with one attached hydrogen (secondary N) is 1. The lowest BCUT2D eigenvalue weighted by atomic mass is 9.73. The molecule has 0 aliphatic heterocycles. The molecule has 1 aliphatic rings. The van der Waals surface area contributed by atoms with Gasteiger partial charge in [0, 0.05) is 18.4 Å². The third-order valence-corrected chi connectivity index (χ3v) is 8.40. The molecule has 1 aromatic heterocycles. The molecule has 1 aliphatic carbocycles. The highest BCUT2D eigenvalue weighted by molar-refractivity contribution is 7.92. The van der Waals surface area contributed by atoms with E-state index in [4.69, 9.17) is 0 Å². The molecular weight excluding hydrogens is 476 g/mol. The molecule has 0 radical (unpaired) electrons. The van der Waals surface area contributed by atoms with Crippen LogP contribution in [0.2, 0.25) is 0 Å². The molecule has 0 unspecified atom stereocenters. The van der Waals surface area contributed by atoms with E-state index in [1.807, 2.05) is 0 Å².